The lowest BCUT2D eigenvalue weighted by Gasteiger charge is -2.24. The van der Waals surface area contributed by atoms with E-state index in [0.717, 1.165) is 0 Å². The van der Waals surface area contributed by atoms with Crippen LogP contribution < -0.4 is 4.74 Å². The van der Waals surface area contributed by atoms with Crippen LogP contribution in [0.15, 0.2) is 36.4 Å². The van der Waals surface area contributed by atoms with Crippen molar-refractivity contribution in [1.82, 2.24) is 4.90 Å². The summed E-state index contributed by atoms with van der Waals surface area (Å²) in [6.07, 6.45) is 0. The number of rotatable bonds is 6. The third-order valence-corrected chi connectivity index (χ3v) is 6.04. The van der Waals surface area contributed by atoms with Gasteiger partial charge in [-0.25, -0.2) is 9.18 Å². The van der Waals surface area contributed by atoms with Gasteiger partial charge in [-0.15, -0.1) is 11.8 Å². The zero-order valence-electron chi connectivity index (χ0n) is 15.5. The predicted octanol–water partition coefficient (Wildman–Crippen LogP) is 4.96. The highest BCUT2D eigenvalue weighted by molar-refractivity contribution is 7.99. The summed E-state index contributed by atoms with van der Waals surface area (Å²) in [6.45, 7) is 2.08. The minimum atomic E-state index is -0.555. The van der Waals surface area contributed by atoms with Crippen molar-refractivity contribution in [2.45, 2.75) is 12.3 Å². The molecule has 2 aromatic carbocycles. The lowest BCUT2D eigenvalue weighted by molar-refractivity contribution is -0.133. The lowest BCUT2D eigenvalue weighted by atomic mass is 10.2. The zero-order chi connectivity index (χ0) is 21.0. The molecule has 1 fully saturated rings. The van der Waals surface area contributed by atoms with Crippen LogP contribution in [0.4, 0.5) is 4.39 Å². The summed E-state index contributed by atoms with van der Waals surface area (Å²) in [5.74, 6) is -0.429. The first kappa shape index (κ1) is 21.7. The van der Waals surface area contributed by atoms with Crippen LogP contribution in [0.3, 0.4) is 0 Å². The molecule has 1 heterocycles. The molecule has 154 valence electrons. The van der Waals surface area contributed by atoms with Gasteiger partial charge in [0.05, 0.1) is 22.2 Å². The van der Waals surface area contributed by atoms with E-state index in [4.69, 9.17) is 32.7 Å². The summed E-state index contributed by atoms with van der Waals surface area (Å²) in [5.41, 5.74) is 0.647. The van der Waals surface area contributed by atoms with Crippen molar-refractivity contribution in [1.29, 1.82) is 0 Å². The van der Waals surface area contributed by atoms with Crippen LogP contribution in [0.1, 0.15) is 28.2 Å². The molecule has 29 heavy (non-hydrogen) atoms. The van der Waals surface area contributed by atoms with E-state index in [1.165, 1.54) is 30.0 Å². The first-order chi connectivity index (χ1) is 13.9. The number of hydrogen-bond donors (Lipinski definition) is 0. The summed E-state index contributed by atoms with van der Waals surface area (Å²) in [6, 6.07) is 9.14. The Bertz CT molecular complexity index is 904. The third kappa shape index (κ3) is 4.97. The number of hydrogen-bond acceptors (Lipinski definition) is 5. The molecule has 1 saturated heterocycles. The molecule has 0 spiro atoms. The van der Waals surface area contributed by atoms with Crippen molar-refractivity contribution < 1.29 is 23.5 Å². The second kappa shape index (κ2) is 9.69. The maximum atomic E-state index is 14.1. The fraction of sp³-hybridized carbons (Fsp3) is 0.300. The van der Waals surface area contributed by atoms with Gasteiger partial charge in [0, 0.05) is 17.9 Å². The van der Waals surface area contributed by atoms with Gasteiger partial charge in [-0.2, -0.15) is 0 Å². The smallest absolute Gasteiger partial charge is 0.338 e. The quantitative estimate of drug-likeness (QED) is 0.573. The summed E-state index contributed by atoms with van der Waals surface area (Å²) >= 11 is 13.8. The van der Waals surface area contributed by atoms with E-state index in [1.54, 1.807) is 30.0 Å². The van der Waals surface area contributed by atoms with E-state index in [0.29, 0.717) is 17.9 Å². The topological polar surface area (TPSA) is 55.8 Å². The molecule has 0 saturated carbocycles. The van der Waals surface area contributed by atoms with Gasteiger partial charge in [0.1, 0.15) is 11.2 Å². The minimum Gasteiger partial charge on any atom is -0.481 e. The summed E-state index contributed by atoms with van der Waals surface area (Å²) in [5, 5.41) is -0.228. The number of benzene rings is 2. The summed E-state index contributed by atoms with van der Waals surface area (Å²) < 4.78 is 24.6. The largest absolute Gasteiger partial charge is 0.481 e. The number of ether oxygens (including phenoxy) is 2. The van der Waals surface area contributed by atoms with E-state index >= 15 is 0 Å². The second-order valence-electron chi connectivity index (χ2n) is 6.11. The van der Waals surface area contributed by atoms with Crippen LogP contribution in [-0.4, -0.2) is 42.3 Å². The Labute approximate surface area is 182 Å². The van der Waals surface area contributed by atoms with E-state index in [2.05, 4.69) is 0 Å². The van der Waals surface area contributed by atoms with Crippen molar-refractivity contribution >= 4 is 46.8 Å². The molecule has 0 aliphatic carbocycles. The molecule has 0 N–H and O–H groups in total. The van der Waals surface area contributed by atoms with Crippen LogP contribution in [0.5, 0.6) is 5.75 Å². The van der Waals surface area contributed by atoms with E-state index in [9.17, 15) is 14.0 Å². The summed E-state index contributed by atoms with van der Waals surface area (Å²) in [4.78, 5) is 26.1. The van der Waals surface area contributed by atoms with Crippen molar-refractivity contribution in [3.8, 4) is 5.75 Å². The van der Waals surface area contributed by atoms with Crippen LogP contribution in [0.2, 0.25) is 10.0 Å². The molecule has 0 aromatic heterocycles. The second-order valence-corrected chi connectivity index (χ2v) is 8.11. The predicted molar refractivity (Wildman–Crippen MR) is 111 cm³/mol. The maximum Gasteiger partial charge on any atom is 0.338 e. The van der Waals surface area contributed by atoms with Crippen LogP contribution in [0.25, 0.3) is 0 Å². The Morgan fingerprint density at radius 3 is 2.59 bits per heavy atom. The molecule has 0 radical (unpaired) electrons. The molecular weight excluding hydrogens is 440 g/mol. The van der Waals surface area contributed by atoms with Gasteiger partial charge in [-0.05, 0) is 25.1 Å². The lowest BCUT2D eigenvalue weighted by Crippen LogP contribution is -2.34. The highest BCUT2D eigenvalue weighted by Gasteiger charge is 2.32. The van der Waals surface area contributed by atoms with E-state index in [-0.39, 0.29) is 46.3 Å². The fourth-order valence-electron chi connectivity index (χ4n) is 2.91. The van der Waals surface area contributed by atoms with E-state index in [1.807, 2.05) is 0 Å². The Balaban J connectivity index is 1.70. The molecule has 1 aliphatic rings. The standard InChI is InChI=1S/C20H18Cl2FNO4S/c1-2-27-20(26)12-9-14(21)18(15(22)10-12)28-11-17(25)24-7-8-29-19(24)13-5-3-4-6-16(13)23/h3-6,9-10,19H,2,7-8,11H2,1H3. The van der Waals surface area contributed by atoms with Crippen LogP contribution in [0, 0.1) is 5.82 Å². The first-order valence-electron chi connectivity index (χ1n) is 8.86. The Kier molecular flexibility index (Phi) is 7.27. The molecule has 5 nitrogen and oxygen atoms in total. The number of thioether (sulfide) groups is 1. The molecule has 1 aliphatic heterocycles. The summed E-state index contributed by atoms with van der Waals surface area (Å²) in [7, 11) is 0. The SMILES string of the molecule is CCOC(=O)c1cc(Cl)c(OCC(=O)N2CCSC2c2ccccc2F)c(Cl)c1. The molecular formula is C20H18Cl2FNO4S. The molecule has 2 aromatic rings. The van der Waals surface area contributed by atoms with Gasteiger partial charge < -0.3 is 14.4 Å². The number of esters is 1. The number of halogens is 3. The van der Waals surface area contributed by atoms with Crippen molar-refractivity contribution in [2.24, 2.45) is 0 Å². The molecule has 9 heteroatoms. The van der Waals surface area contributed by atoms with Crippen molar-refractivity contribution in [3.63, 3.8) is 0 Å². The van der Waals surface area contributed by atoms with E-state index < -0.39 is 11.3 Å². The minimum absolute atomic E-state index is 0.0924. The van der Waals surface area contributed by atoms with Crippen LogP contribution >= 0.6 is 35.0 Å². The van der Waals surface area contributed by atoms with Gasteiger partial charge in [-0.3, -0.25) is 4.79 Å². The van der Waals surface area contributed by atoms with Gasteiger partial charge in [-0.1, -0.05) is 41.4 Å². The molecule has 1 amide bonds. The number of carbonyl (C=O) groups excluding carboxylic acids is 2. The molecule has 0 bridgehead atoms. The first-order valence-corrected chi connectivity index (χ1v) is 10.7. The van der Waals surface area contributed by atoms with Crippen LogP contribution in [-0.2, 0) is 9.53 Å². The zero-order valence-corrected chi connectivity index (χ0v) is 17.8. The highest BCUT2D eigenvalue weighted by atomic mass is 35.5. The monoisotopic (exact) mass is 457 g/mol. The van der Waals surface area contributed by atoms with Gasteiger partial charge in [0.25, 0.3) is 5.91 Å². The fourth-order valence-corrected chi connectivity index (χ4v) is 4.80. The Morgan fingerprint density at radius 1 is 1.24 bits per heavy atom. The normalized spacial score (nSPS) is 16.0. The number of carbonyl (C=O) groups is 2. The molecule has 1 atom stereocenters. The van der Waals surface area contributed by atoms with Crippen molar-refractivity contribution in [3.05, 3.63) is 63.4 Å². The van der Waals surface area contributed by atoms with Crippen molar-refractivity contribution in [2.75, 3.05) is 25.5 Å². The van der Waals surface area contributed by atoms with Gasteiger partial charge >= 0.3 is 5.97 Å². The average molecular weight is 458 g/mol. The molecule has 1 unspecified atom stereocenters. The Hall–Kier alpha value is -1.96. The number of nitrogens with zero attached hydrogens (tertiary/aromatic N) is 1. The van der Waals surface area contributed by atoms with Gasteiger partial charge in [0.2, 0.25) is 0 Å². The third-order valence-electron chi connectivity index (χ3n) is 4.23. The molecule has 3 rings (SSSR count). The maximum absolute atomic E-state index is 14.1. The van der Waals surface area contributed by atoms with Gasteiger partial charge in [0.15, 0.2) is 12.4 Å². The average Bonchev–Trinajstić information content (AvgIpc) is 3.17. The number of amides is 1. The highest BCUT2D eigenvalue weighted by Crippen LogP contribution is 2.39. The Morgan fingerprint density at radius 2 is 1.93 bits per heavy atom.